The van der Waals surface area contributed by atoms with Crippen molar-refractivity contribution in [2.45, 2.75) is 63.8 Å². The third-order valence-corrected chi connectivity index (χ3v) is 8.12. The topological polar surface area (TPSA) is 136 Å². The third-order valence-electron chi connectivity index (χ3n) is 6.79. The molecule has 1 aliphatic heterocycles. The van der Waals surface area contributed by atoms with Crippen molar-refractivity contribution in [1.29, 1.82) is 0 Å². The number of nitrogens with one attached hydrogen (secondary N) is 2. The molecule has 2 aliphatic rings. The van der Waals surface area contributed by atoms with Crippen molar-refractivity contribution in [2.24, 2.45) is 13.0 Å². The highest BCUT2D eigenvalue weighted by Crippen LogP contribution is 2.25. The zero-order valence-electron chi connectivity index (χ0n) is 19.2. The maximum Gasteiger partial charge on any atom is 0.329 e. The van der Waals surface area contributed by atoms with Crippen LogP contribution in [0.4, 0.5) is 0 Å². The number of hydrogen-bond acceptors (Lipinski definition) is 6. The summed E-state index contributed by atoms with van der Waals surface area (Å²) in [5, 5.41) is 2.28. The second kappa shape index (κ2) is 9.73. The Balaban J connectivity index is 1.43. The molecule has 2 fully saturated rings. The molecule has 0 spiro atoms. The number of piperidine rings is 1. The first-order valence-corrected chi connectivity index (χ1v) is 13.4. The van der Waals surface area contributed by atoms with E-state index in [1.807, 2.05) is 6.07 Å². The molecule has 1 aromatic carbocycles. The van der Waals surface area contributed by atoms with Crippen LogP contribution in [-0.4, -0.2) is 41.0 Å². The maximum atomic E-state index is 12.8. The zero-order chi connectivity index (χ0) is 24.5. The van der Waals surface area contributed by atoms with Gasteiger partial charge in [0.15, 0.2) is 0 Å². The molecule has 0 bridgehead atoms. The highest BCUT2D eigenvalue weighted by Gasteiger charge is 2.31. The minimum absolute atomic E-state index is 0.167. The van der Waals surface area contributed by atoms with Crippen LogP contribution in [0.25, 0.3) is 11.0 Å². The molecule has 184 valence electrons. The van der Waals surface area contributed by atoms with E-state index in [0.717, 1.165) is 37.7 Å². The number of sulfonamides is 1. The zero-order valence-corrected chi connectivity index (χ0v) is 20.0. The summed E-state index contributed by atoms with van der Waals surface area (Å²) in [5.74, 6) is -1.62. The van der Waals surface area contributed by atoms with Crippen LogP contribution in [0.2, 0.25) is 0 Å². The van der Waals surface area contributed by atoms with Crippen molar-refractivity contribution in [1.82, 2.24) is 19.2 Å². The lowest BCUT2D eigenvalue weighted by Crippen LogP contribution is -2.44. The Hall–Kier alpha value is -2.95. The number of aromatic nitrogens is 2. The fourth-order valence-electron chi connectivity index (χ4n) is 4.91. The number of carbonyl (C=O) groups excluding carboxylic acids is 3. The van der Waals surface area contributed by atoms with E-state index in [1.165, 1.54) is 9.13 Å². The second-order valence-electron chi connectivity index (χ2n) is 9.23. The number of nitrogens with zero attached hydrogens (tertiary/aromatic N) is 2. The van der Waals surface area contributed by atoms with E-state index in [0.29, 0.717) is 23.9 Å². The molecule has 2 heterocycles. The maximum absolute atomic E-state index is 12.8. The van der Waals surface area contributed by atoms with Gasteiger partial charge in [-0.3, -0.25) is 33.6 Å². The monoisotopic (exact) mass is 490 g/mol. The van der Waals surface area contributed by atoms with E-state index in [-0.39, 0.29) is 36.1 Å². The molecule has 1 atom stereocenters. The Morgan fingerprint density at radius 3 is 2.53 bits per heavy atom. The fraction of sp³-hybridized carbons (Fsp3) is 0.565. The summed E-state index contributed by atoms with van der Waals surface area (Å²) in [6.45, 7) is 0. The smallest absolute Gasteiger partial charge is 0.295 e. The molecule has 4 rings (SSSR count). The summed E-state index contributed by atoms with van der Waals surface area (Å²) >= 11 is 0. The Kier molecular flexibility index (Phi) is 6.92. The Bertz CT molecular complexity index is 1290. The SMILES string of the molecule is Cn1c(=O)n(C2CCC(=O)NC2=O)c2ccc(CCCS(=O)(=O)NC(=O)C3CCCCC3)cc21. The van der Waals surface area contributed by atoms with Gasteiger partial charge < -0.3 is 0 Å². The van der Waals surface area contributed by atoms with Crippen LogP contribution in [0, 0.1) is 5.92 Å². The van der Waals surface area contributed by atoms with Gasteiger partial charge in [-0.25, -0.2) is 13.2 Å². The number of rotatable bonds is 7. The summed E-state index contributed by atoms with van der Waals surface area (Å²) in [7, 11) is -2.10. The first kappa shape index (κ1) is 24.2. The summed E-state index contributed by atoms with van der Waals surface area (Å²) in [5.41, 5.74) is 1.70. The number of imidazole rings is 1. The molecule has 1 aliphatic carbocycles. The van der Waals surface area contributed by atoms with Crippen molar-refractivity contribution in [3.63, 3.8) is 0 Å². The molecule has 2 aromatic rings. The molecule has 11 heteroatoms. The van der Waals surface area contributed by atoms with Crippen molar-refractivity contribution in [3.05, 3.63) is 34.2 Å². The number of hydrogen-bond donors (Lipinski definition) is 2. The number of aryl methyl sites for hydroxylation is 2. The van der Waals surface area contributed by atoms with E-state index in [1.54, 1.807) is 19.2 Å². The molecule has 0 radical (unpaired) electrons. The Morgan fingerprint density at radius 1 is 1.09 bits per heavy atom. The number of benzene rings is 1. The van der Waals surface area contributed by atoms with Gasteiger partial charge in [-0.1, -0.05) is 25.3 Å². The van der Waals surface area contributed by atoms with Crippen molar-refractivity contribution < 1.29 is 22.8 Å². The molecule has 2 N–H and O–H groups in total. The van der Waals surface area contributed by atoms with E-state index in [9.17, 15) is 27.6 Å². The minimum Gasteiger partial charge on any atom is -0.295 e. The lowest BCUT2D eigenvalue weighted by Gasteiger charge is -2.21. The standard InChI is InChI=1S/C23H30N4O6S/c1-26-19-14-15(6-5-13-34(32,33)25-21(29)16-7-3-2-4-8-16)9-10-17(19)27(23(26)31)18-11-12-20(28)24-22(18)30/h9-10,14,16,18H,2-8,11-13H2,1H3,(H,25,29)(H,24,28,30). The van der Waals surface area contributed by atoms with E-state index < -0.39 is 27.9 Å². The van der Waals surface area contributed by atoms with Gasteiger partial charge in [-0.15, -0.1) is 0 Å². The van der Waals surface area contributed by atoms with Crippen molar-refractivity contribution in [3.8, 4) is 0 Å². The minimum atomic E-state index is -3.71. The highest BCUT2D eigenvalue weighted by molar-refractivity contribution is 7.90. The molecular formula is C23H30N4O6S. The molecule has 1 saturated carbocycles. The van der Waals surface area contributed by atoms with Crippen LogP contribution in [-0.2, 0) is 37.9 Å². The van der Waals surface area contributed by atoms with E-state index in [4.69, 9.17) is 0 Å². The molecular weight excluding hydrogens is 460 g/mol. The van der Waals surface area contributed by atoms with Gasteiger partial charge in [0.05, 0.1) is 16.8 Å². The van der Waals surface area contributed by atoms with Gasteiger partial charge >= 0.3 is 5.69 Å². The van der Waals surface area contributed by atoms with Crippen LogP contribution >= 0.6 is 0 Å². The van der Waals surface area contributed by atoms with Crippen LogP contribution in [0.15, 0.2) is 23.0 Å². The second-order valence-corrected chi connectivity index (χ2v) is 11.1. The predicted octanol–water partition coefficient (Wildman–Crippen LogP) is 1.28. The number of carbonyl (C=O) groups is 3. The number of amides is 3. The van der Waals surface area contributed by atoms with Gasteiger partial charge in [0.1, 0.15) is 6.04 Å². The lowest BCUT2D eigenvalue weighted by molar-refractivity contribution is -0.135. The predicted molar refractivity (Wildman–Crippen MR) is 125 cm³/mol. The summed E-state index contributed by atoms with van der Waals surface area (Å²) in [4.78, 5) is 48.9. The Labute approximate surface area is 197 Å². The van der Waals surface area contributed by atoms with Gasteiger partial charge in [0.2, 0.25) is 27.7 Å². The first-order valence-electron chi connectivity index (χ1n) is 11.7. The average Bonchev–Trinajstić information content (AvgIpc) is 3.04. The highest BCUT2D eigenvalue weighted by atomic mass is 32.2. The molecule has 1 aromatic heterocycles. The van der Waals surface area contributed by atoms with Gasteiger partial charge in [0.25, 0.3) is 0 Å². The molecule has 1 saturated heterocycles. The Morgan fingerprint density at radius 2 is 1.82 bits per heavy atom. The summed E-state index contributed by atoms with van der Waals surface area (Å²) in [6.07, 6.45) is 5.66. The van der Waals surface area contributed by atoms with Crippen molar-refractivity contribution in [2.75, 3.05) is 5.75 Å². The summed E-state index contributed by atoms with van der Waals surface area (Å²) < 4.78 is 29.8. The molecule has 1 unspecified atom stereocenters. The fourth-order valence-corrected chi connectivity index (χ4v) is 6.01. The molecule has 34 heavy (non-hydrogen) atoms. The first-order chi connectivity index (χ1) is 16.2. The number of fused-ring (bicyclic) bond motifs is 1. The van der Waals surface area contributed by atoms with E-state index in [2.05, 4.69) is 10.0 Å². The van der Waals surface area contributed by atoms with Crippen LogP contribution in [0.1, 0.15) is 63.0 Å². The quantitative estimate of drug-likeness (QED) is 0.561. The van der Waals surface area contributed by atoms with Crippen LogP contribution in [0.3, 0.4) is 0 Å². The average molecular weight is 491 g/mol. The van der Waals surface area contributed by atoms with Crippen LogP contribution < -0.4 is 15.7 Å². The largest absolute Gasteiger partial charge is 0.329 e. The lowest BCUT2D eigenvalue weighted by atomic mass is 9.89. The van der Waals surface area contributed by atoms with E-state index >= 15 is 0 Å². The molecule has 10 nitrogen and oxygen atoms in total. The van der Waals surface area contributed by atoms with Gasteiger partial charge in [0, 0.05) is 19.4 Å². The third kappa shape index (κ3) is 5.08. The summed E-state index contributed by atoms with van der Waals surface area (Å²) in [6, 6.07) is 4.61. The van der Waals surface area contributed by atoms with Crippen LogP contribution in [0.5, 0.6) is 0 Å². The number of imide groups is 1. The molecule has 3 amide bonds. The van der Waals surface area contributed by atoms with Gasteiger partial charge in [-0.2, -0.15) is 0 Å². The van der Waals surface area contributed by atoms with Crippen molar-refractivity contribution >= 4 is 38.8 Å². The van der Waals surface area contributed by atoms with Gasteiger partial charge in [-0.05, 0) is 49.8 Å². The normalized spacial score (nSPS) is 19.9.